The van der Waals surface area contributed by atoms with Gasteiger partial charge in [0.25, 0.3) is 0 Å². The third-order valence-corrected chi connectivity index (χ3v) is 6.53. The number of hydrogen-bond acceptors (Lipinski definition) is 8. The molecule has 36 heavy (non-hydrogen) atoms. The topological polar surface area (TPSA) is 93.7 Å². The van der Waals surface area contributed by atoms with Crippen molar-refractivity contribution >= 4 is 23.1 Å². The number of hydrogen-bond donors (Lipinski definition) is 1. The van der Waals surface area contributed by atoms with Gasteiger partial charge in [0.2, 0.25) is 5.88 Å². The van der Waals surface area contributed by atoms with Gasteiger partial charge in [-0.2, -0.15) is 8.42 Å². The molecule has 3 aromatic rings. The van der Waals surface area contributed by atoms with Crippen LogP contribution in [0.4, 0.5) is 15.9 Å². The molecule has 3 heterocycles. The van der Waals surface area contributed by atoms with Crippen molar-refractivity contribution in [1.82, 2.24) is 14.9 Å². The molecule has 2 aromatic carbocycles. The molecule has 0 spiro atoms. The van der Waals surface area contributed by atoms with Crippen LogP contribution in [-0.2, 0) is 22.9 Å². The van der Waals surface area contributed by atoms with Crippen molar-refractivity contribution in [3.8, 4) is 5.88 Å². The molecule has 2 aliphatic heterocycles. The van der Waals surface area contributed by atoms with E-state index in [1.165, 1.54) is 18.0 Å². The summed E-state index contributed by atoms with van der Waals surface area (Å²) >= 11 is -0.750. The van der Waals surface area contributed by atoms with E-state index in [4.69, 9.17) is 17.9 Å². The second kappa shape index (κ2) is 12.2. The van der Waals surface area contributed by atoms with E-state index in [1.807, 2.05) is 26.0 Å². The molecule has 3 atom stereocenters. The molecule has 0 aliphatic carbocycles. The lowest BCUT2D eigenvalue weighted by Gasteiger charge is -2.48. The number of rotatable bonds is 6. The Morgan fingerprint density at radius 3 is 2.44 bits per heavy atom. The van der Waals surface area contributed by atoms with Crippen LogP contribution in [0.5, 0.6) is 5.88 Å². The molecule has 1 N–H and O–H groups in total. The summed E-state index contributed by atoms with van der Waals surface area (Å²) in [4.78, 5) is 11.2. The Balaban J connectivity index is 0.000000967. The largest absolute Gasteiger partial charge is 0.474 e. The lowest BCUT2D eigenvalue weighted by Crippen LogP contribution is -2.58. The van der Waals surface area contributed by atoms with E-state index >= 15 is 0 Å². The third kappa shape index (κ3) is 6.31. The average Bonchev–Trinajstić information content (AvgIpc) is 2.85. The molecule has 2 bridgehead atoms. The summed E-state index contributed by atoms with van der Waals surface area (Å²) in [6, 6.07) is 16.3. The molecule has 2 saturated heterocycles. The van der Waals surface area contributed by atoms with Crippen LogP contribution in [0.2, 0.25) is 0 Å². The van der Waals surface area contributed by atoms with Crippen LogP contribution in [0.3, 0.4) is 0 Å². The number of nitrogens with one attached hydrogen (secondary N) is 1. The number of morpholine rings is 1. The standard InChI is InChI=1S/C26H29FN4O2.O2S/c1-17-8-9-24(23(27)10-17)30-25-18(2)26(29-16-28-25)33-22-11-20-14-32-15-21(12-22)31(20)13-19-6-4-3-5-7-19;1-3-2/h3-10,16,20-22H,11-15H2,1-2H3,(H,28,29,30);/t20-,21?,22?;/m1./s1. The maximum atomic E-state index is 14.3. The summed E-state index contributed by atoms with van der Waals surface area (Å²) in [6.45, 7) is 6.12. The third-order valence-electron chi connectivity index (χ3n) is 6.53. The number of piperidine rings is 1. The Hall–Kier alpha value is -3.21. The highest BCUT2D eigenvalue weighted by Gasteiger charge is 2.40. The summed E-state index contributed by atoms with van der Waals surface area (Å²) in [5.74, 6) is 0.780. The van der Waals surface area contributed by atoms with Crippen molar-refractivity contribution in [1.29, 1.82) is 0 Å². The summed E-state index contributed by atoms with van der Waals surface area (Å²) in [5, 5.41) is 3.09. The van der Waals surface area contributed by atoms with E-state index in [9.17, 15) is 4.39 Å². The van der Waals surface area contributed by atoms with Crippen LogP contribution in [0, 0.1) is 19.7 Å². The van der Waals surface area contributed by atoms with Gasteiger partial charge in [-0.1, -0.05) is 36.4 Å². The maximum Gasteiger partial charge on any atom is 0.335 e. The monoisotopic (exact) mass is 512 g/mol. The molecule has 5 rings (SSSR count). The van der Waals surface area contributed by atoms with Crippen molar-refractivity contribution in [2.45, 2.75) is 51.4 Å². The fourth-order valence-corrected chi connectivity index (χ4v) is 4.77. The normalized spacial score (nSPS) is 21.1. The Bertz CT molecular complexity index is 1200. The van der Waals surface area contributed by atoms with Crippen LogP contribution in [0.1, 0.15) is 29.5 Å². The van der Waals surface area contributed by atoms with Crippen molar-refractivity contribution < 1.29 is 22.3 Å². The molecular formula is C26H29FN4O4S. The van der Waals surface area contributed by atoms with Crippen LogP contribution in [0.15, 0.2) is 54.9 Å². The maximum absolute atomic E-state index is 14.3. The number of fused-ring (bicyclic) bond motifs is 2. The van der Waals surface area contributed by atoms with Gasteiger partial charge in [-0.05, 0) is 37.1 Å². The number of aromatic nitrogens is 2. The van der Waals surface area contributed by atoms with E-state index in [1.54, 1.807) is 6.07 Å². The van der Waals surface area contributed by atoms with Crippen LogP contribution in [-0.4, -0.2) is 54.7 Å². The zero-order valence-electron chi connectivity index (χ0n) is 20.2. The Morgan fingerprint density at radius 2 is 1.78 bits per heavy atom. The summed E-state index contributed by atoms with van der Waals surface area (Å²) < 4.78 is 43.1. The van der Waals surface area contributed by atoms with Gasteiger partial charge in [0.1, 0.15) is 24.1 Å². The minimum Gasteiger partial charge on any atom is -0.474 e. The highest BCUT2D eigenvalue weighted by Crippen LogP contribution is 2.33. The summed E-state index contributed by atoms with van der Waals surface area (Å²) in [7, 11) is 0. The van der Waals surface area contributed by atoms with E-state index in [2.05, 4.69) is 44.5 Å². The number of ether oxygens (including phenoxy) is 2. The van der Waals surface area contributed by atoms with Gasteiger partial charge in [-0.15, -0.1) is 0 Å². The van der Waals surface area contributed by atoms with E-state index in [0.717, 1.165) is 30.5 Å². The SMILES string of the molecule is Cc1ccc(Nc2ncnc(OC3CC4COC[C@@H](C3)N4Cc3ccccc3)c2C)c(F)c1.O=S=O. The predicted molar refractivity (Wildman–Crippen MR) is 134 cm³/mol. The van der Waals surface area contributed by atoms with E-state index in [0.29, 0.717) is 42.7 Å². The molecule has 2 fully saturated rings. The van der Waals surface area contributed by atoms with E-state index in [-0.39, 0.29) is 11.9 Å². The first kappa shape index (κ1) is 25.9. The van der Waals surface area contributed by atoms with Crippen LogP contribution >= 0.6 is 0 Å². The molecular weight excluding hydrogens is 483 g/mol. The minimum atomic E-state index is -0.750. The first-order valence-electron chi connectivity index (χ1n) is 11.8. The van der Waals surface area contributed by atoms with Gasteiger partial charge >= 0.3 is 11.6 Å². The molecule has 0 amide bonds. The highest BCUT2D eigenvalue weighted by atomic mass is 32.1. The predicted octanol–water partition coefficient (Wildman–Crippen LogP) is 4.12. The highest BCUT2D eigenvalue weighted by molar-refractivity contribution is 7.51. The number of anilines is 2. The molecule has 2 aliphatic rings. The molecule has 10 heteroatoms. The Kier molecular flexibility index (Phi) is 8.74. The lowest BCUT2D eigenvalue weighted by molar-refractivity contribution is -0.104. The number of nitrogens with zero attached hydrogens (tertiary/aromatic N) is 3. The first-order valence-corrected chi connectivity index (χ1v) is 12.5. The van der Waals surface area contributed by atoms with Gasteiger partial charge in [0.05, 0.1) is 24.5 Å². The Morgan fingerprint density at radius 1 is 1.08 bits per heavy atom. The average molecular weight is 513 g/mol. The second-order valence-corrected chi connectivity index (χ2v) is 9.18. The van der Waals surface area contributed by atoms with Crippen LogP contribution < -0.4 is 10.1 Å². The summed E-state index contributed by atoms with van der Waals surface area (Å²) in [5.41, 5.74) is 3.34. The second-order valence-electron chi connectivity index (χ2n) is 9.04. The first-order chi connectivity index (χ1) is 17.5. The van der Waals surface area contributed by atoms with Crippen molar-refractivity contribution in [2.24, 2.45) is 0 Å². The minimum absolute atomic E-state index is 0.0495. The fourth-order valence-electron chi connectivity index (χ4n) is 4.77. The summed E-state index contributed by atoms with van der Waals surface area (Å²) in [6.07, 6.45) is 3.27. The van der Waals surface area contributed by atoms with Gasteiger partial charge in [0, 0.05) is 31.5 Å². The number of halogens is 1. The molecule has 0 radical (unpaired) electrons. The molecule has 8 nitrogen and oxygen atoms in total. The Labute approximate surface area is 213 Å². The number of aryl methyl sites for hydroxylation is 1. The number of benzene rings is 2. The molecule has 190 valence electrons. The molecule has 1 aromatic heterocycles. The fraction of sp³-hybridized carbons (Fsp3) is 0.385. The lowest BCUT2D eigenvalue weighted by atomic mass is 9.91. The van der Waals surface area contributed by atoms with Crippen molar-refractivity contribution in [3.05, 3.63) is 77.4 Å². The zero-order valence-corrected chi connectivity index (χ0v) is 21.0. The molecule has 2 unspecified atom stereocenters. The van der Waals surface area contributed by atoms with Crippen molar-refractivity contribution in [3.63, 3.8) is 0 Å². The molecule has 0 saturated carbocycles. The van der Waals surface area contributed by atoms with Gasteiger partial charge in [-0.25, -0.2) is 14.4 Å². The smallest absolute Gasteiger partial charge is 0.335 e. The zero-order chi connectivity index (χ0) is 25.5. The van der Waals surface area contributed by atoms with Gasteiger partial charge in [-0.3, -0.25) is 4.90 Å². The van der Waals surface area contributed by atoms with E-state index < -0.39 is 11.6 Å². The van der Waals surface area contributed by atoms with Crippen molar-refractivity contribution in [2.75, 3.05) is 18.5 Å². The quantitative estimate of drug-likeness (QED) is 0.527. The van der Waals surface area contributed by atoms with Crippen LogP contribution in [0.25, 0.3) is 0 Å². The van der Waals surface area contributed by atoms with Gasteiger partial charge in [0.15, 0.2) is 0 Å². The van der Waals surface area contributed by atoms with Gasteiger partial charge < -0.3 is 14.8 Å².